The Bertz CT molecular complexity index is 1020. The normalized spacial score (nSPS) is 21.5. The number of esters is 1. The van der Waals surface area contributed by atoms with Gasteiger partial charge in [-0.2, -0.15) is 0 Å². The topological polar surface area (TPSA) is 39.4 Å². The molecule has 1 heterocycles. The molecule has 166 valence electrons. The van der Waals surface area contributed by atoms with E-state index in [1.54, 1.807) is 6.08 Å². The molecule has 2 aliphatic carbocycles. The van der Waals surface area contributed by atoms with Crippen molar-refractivity contribution < 1.29 is 13.9 Å². The zero-order valence-corrected chi connectivity index (χ0v) is 19.9. The molecule has 2 aliphatic rings. The van der Waals surface area contributed by atoms with Crippen LogP contribution in [0.25, 0.3) is 6.08 Å². The summed E-state index contributed by atoms with van der Waals surface area (Å²) in [5.41, 5.74) is 7.57. The van der Waals surface area contributed by atoms with Crippen molar-refractivity contribution in [3.05, 3.63) is 63.6 Å². The van der Waals surface area contributed by atoms with Crippen LogP contribution in [0.4, 0.5) is 0 Å². The lowest BCUT2D eigenvalue weighted by Crippen LogP contribution is -2.34. The molecule has 0 spiro atoms. The molecule has 31 heavy (non-hydrogen) atoms. The molecule has 4 rings (SSSR count). The minimum absolute atomic E-state index is 0.203. The maximum atomic E-state index is 11.7. The molecule has 3 nitrogen and oxygen atoms in total. The first-order chi connectivity index (χ1) is 14.6. The van der Waals surface area contributed by atoms with Gasteiger partial charge in [-0.15, -0.1) is 0 Å². The Kier molecular flexibility index (Phi) is 5.66. The van der Waals surface area contributed by atoms with Crippen molar-refractivity contribution in [2.24, 2.45) is 0 Å². The zero-order valence-electron chi connectivity index (χ0n) is 19.9. The second-order valence-corrected chi connectivity index (χ2v) is 10.6. The van der Waals surface area contributed by atoms with Crippen LogP contribution in [-0.2, 0) is 26.8 Å². The van der Waals surface area contributed by atoms with E-state index in [9.17, 15) is 4.79 Å². The van der Waals surface area contributed by atoms with Gasteiger partial charge in [0, 0.05) is 24.0 Å². The smallest absolute Gasteiger partial charge is 0.330 e. The minimum Gasteiger partial charge on any atom is -0.463 e. The Morgan fingerprint density at radius 2 is 1.77 bits per heavy atom. The Labute approximate surface area is 186 Å². The lowest BCUT2D eigenvalue weighted by molar-refractivity contribution is -0.137. The predicted octanol–water partition coefficient (Wildman–Crippen LogP) is 6.98. The number of carbonyl (C=O) groups is 1. The van der Waals surface area contributed by atoms with Crippen LogP contribution in [0.5, 0.6) is 0 Å². The fourth-order valence-corrected chi connectivity index (χ4v) is 5.44. The first-order valence-corrected chi connectivity index (χ1v) is 11.8. The number of benzene rings is 1. The molecule has 1 atom stereocenters. The van der Waals surface area contributed by atoms with Crippen LogP contribution in [0.3, 0.4) is 0 Å². The molecule has 0 aliphatic heterocycles. The van der Waals surface area contributed by atoms with Crippen molar-refractivity contribution in [2.45, 2.75) is 90.4 Å². The number of hydrogen-bond acceptors (Lipinski definition) is 3. The molecule has 0 N–H and O–H groups in total. The van der Waals surface area contributed by atoms with E-state index in [2.05, 4.69) is 52.8 Å². The van der Waals surface area contributed by atoms with Crippen LogP contribution < -0.4 is 0 Å². The van der Waals surface area contributed by atoms with Crippen LogP contribution in [0.2, 0.25) is 0 Å². The number of ether oxygens (including phenoxy) is 1. The number of fused-ring (bicyclic) bond motifs is 2. The third-order valence-corrected chi connectivity index (χ3v) is 7.42. The van der Waals surface area contributed by atoms with Crippen molar-refractivity contribution in [2.75, 3.05) is 6.61 Å². The lowest BCUT2D eigenvalue weighted by Gasteiger charge is -2.43. The summed E-state index contributed by atoms with van der Waals surface area (Å²) >= 11 is 0. The fourth-order valence-electron chi connectivity index (χ4n) is 5.44. The van der Waals surface area contributed by atoms with Crippen LogP contribution in [0, 0.1) is 6.92 Å². The van der Waals surface area contributed by atoms with Gasteiger partial charge in [-0.1, -0.05) is 39.8 Å². The van der Waals surface area contributed by atoms with Crippen molar-refractivity contribution in [1.29, 1.82) is 0 Å². The van der Waals surface area contributed by atoms with Gasteiger partial charge in [0.25, 0.3) is 0 Å². The van der Waals surface area contributed by atoms with E-state index in [-0.39, 0.29) is 16.8 Å². The number of carbonyl (C=O) groups excluding carboxylic acids is 1. The van der Waals surface area contributed by atoms with Gasteiger partial charge < -0.3 is 9.15 Å². The van der Waals surface area contributed by atoms with Gasteiger partial charge in [0.05, 0.1) is 6.61 Å². The number of hydrogen-bond donors (Lipinski definition) is 0. The van der Waals surface area contributed by atoms with Crippen molar-refractivity contribution in [3.8, 4) is 0 Å². The second kappa shape index (κ2) is 8.00. The third-order valence-electron chi connectivity index (χ3n) is 7.42. The molecule has 1 aromatic heterocycles. The summed E-state index contributed by atoms with van der Waals surface area (Å²) in [4.78, 5) is 11.7. The van der Waals surface area contributed by atoms with Crippen LogP contribution in [0.1, 0.15) is 106 Å². The standard InChI is InChI=1S/C28H36O3/c1-7-30-26(29)12-11-19-16-22-20(9-8-10-25(22)31-19)21-17-24-23(15-18(21)2)27(3,4)13-14-28(24,5)6/h11-12,15-17,20H,7-10,13-14H2,1-6H3/b12-11+. The number of rotatable bonds is 4. The van der Waals surface area contributed by atoms with E-state index in [1.807, 2.05) is 6.92 Å². The fraction of sp³-hybridized carbons (Fsp3) is 0.536. The highest BCUT2D eigenvalue weighted by Gasteiger charge is 2.38. The molecule has 0 radical (unpaired) electrons. The van der Waals surface area contributed by atoms with Gasteiger partial charge in [0.1, 0.15) is 11.5 Å². The Balaban J connectivity index is 1.73. The number of furan rings is 1. The highest BCUT2D eigenvalue weighted by molar-refractivity contribution is 5.86. The SMILES string of the molecule is CCOC(=O)/C=C/c1cc2c(o1)CCCC2c1cc2c(cc1C)C(C)(C)CCC2(C)C. The monoisotopic (exact) mass is 420 g/mol. The summed E-state index contributed by atoms with van der Waals surface area (Å²) in [7, 11) is 0. The Hall–Kier alpha value is -2.29. The molecular formula is C28H36O3. The minimum atomic E-state index is -0.330. The average molecular weight is 421 g/mol. The van der Waals surface area contributed by atoms with Crippen molar-refractivity contribution >= 4 is 12.0 Å². The van der Waals surface area contributed by atoms with Gasteiger partial charge in [-0.25, -0.2) is 4.79 Å². The summed E-state index contributed by atoms with van der Waals surface area (Å²) in [5.74, 6) is 1.82. The number of aryl methyl sites for hydroxylation is 2. The van der Waals surface area contributed by atoms with E-state index in [0.717, 1.165) is 30.8 Å². The van der Waals surface area contributed by atoms with Gasteiger partial charge in [-0.3, -0.25) is 0 Å². The summed E-state index contributed by atoms with van der Waals surface area (Å²) in [5, 5.41) is 0. The maximum absolute atomic E-state index is 11.7. The average Bonchev–Trinajstić information content (AvgIpc) is 3.13. The zero-order chi connectivity index (χ0) is 22.4. The first kappa shape index (κ1) is 21.9. The Morgan fingerprint density at radius 1 is 1.10 bits per heavy atom. The van der Waals surface area contributed by atoms with Gasteiger partial charge in [0.2, 0.25) is 0 Å². The van der Waals surface area contributed by atoms with E-state index < -0.39 is 0 Å². The van der Waals surface area contributed by atoms with E-state index in [0.29, 0.717) is 12.5 Å². The summed E-state index contributed by atoms with van der Waals surface area (Å²) in [6, 6.07) is 7.09. The Morgan fingerprint density at radius 3 is 2.45 bits per heavy atom. The first-order valence-electron chi connectivity index (χ1n) is 11.8. The van der Waals surface area contributed by atoms with Gasteiger partial charge in [0.15, 0.2) is 0 Å². The largest absolute Gasteiger partial charge is 0.463 e. The molecule has 0 saturated heterocycles. The molecular weight excluding hydrogens is 384 g/mol. The van der Waals surface area contributed by atoms with Crippen molar-refractivity contribution in [3.63, 3.8) is 0 Å². The molecule has 1 aromatic carbocycles. The quantitative estimate of drug-likeness (QED) is 0.395. The molecule has 0 amide bonds. The molecule has 0 fully saturated rings. The molecule has 0 saturated carbocycles. The summed E-state index contributed by atoms with van der Waals surface area (Å²) < 4.78 is 11.1. The van der Waals surface area contributed by atoms with Crippen LogP contribution in [-0.4, -0.2) is 12.6 Å². The van der Waals surface area contributed by atoms with Gasteiger partial charge >= 0.3 is 5.97 Å². The maximum Gasteiger partial charge on any atom is 0.330 e. The molecule has 2 aromatic rings. The van der Waals surface area contributed by atoms with Gasteiger partial charge in [-0.05, 0) is 84.8 Å². The highest BCUT2D eigenvalue weighted by atomic mass is 16.5. The molecule has 3 heteroatoms. The van der Waals surface area contributed by atoms with Crippen molar-refractivity contribution in [1.82, 2.24) is 0 Å². The van der Waals surface area contributed by atoms with E-state index >= 15 is 0 Å². The second-order valence-electron chi connectivity index (χ2n) is 10.6. The summed E-state index contributed by atoms with van der Waals surface area (Å²) in [6.45, 7) is 14.0. The molecule has 0 bridgehead atoms. The third kappa shape index (κ3) is 4.12. The molecule has 1 unspecified atom stereocenters. The van der Waals surface area contributed by atoms with Crippen LogP contribution in [0.15, 0.2) is 28.7 Å². The van der Waals surface area contributed by atoms with Crippen LogP contribution >= 0.6 is 0 Å². The highest BCUT2D eigenvalue weighted by Crippen LogP contribution is 2.49. The predicted molar refractivity (Wildman–Crippen MR) is 126 cm³/mol. The van der Waals surface area contributed by atoms with E-state index in [4.69, 9.17) is 9.15 Å². The van der Waals surface area contributed by atoms with E-state index in [1.165, 1.54) is 46.7 Å². The summed E-state index contributed by atoms with van der Waals surface area (Å²) in [6.07, 6.45) is 8.86. The lowest BCUT2D eigenvalue weighted by atomic mass is 9.62.